The van der Waals surface area contributed by atoms with Crippen LogP contribution < -0.4 is 10.6 Å². The van der Waals surface area contributed by atoms with Gasteiger partial charge in [0.25, 0.3) is 0 Å². The highest BCUT2D eigenvalue weighted by atomic mass is 79.9. The fourth-order valence-electron chi connectivity index (χ4n) is 3.16. The Bertz CT molecular complexity index is 403. The molecule has 0 unspecified atom stereocenters. The summed E-state index contributed by atoms with van der Waals surface area (Å²) in [6.45, 7) is 6.98. The van der Waals surface area contributed by atoms with Gasteiger partial charge in [0.05, 0.1) is 0 Å². The number of nitrogens with two attached hydrogens (primary N) is 1. The molecule has 1 fully saturated rings. The van der Waals surface area contributed by atoms with E-state index in [-0.39, 0.29) is 0 Å². The van der Waals surface area contributed by atoms with E-state index < -0.39 is 0 Å². The molecule has 0 aliphatic carbocycles. The summed E-state index contributed by atoms with van der Waals surface area (Å²) in [6.07, 6.45) is 5.29. The molecule has 1 aromatic carbocycles. The first kappa shape index (κ1) is 13.7. The van der Waals surface area contributed by atoms with Gasteiger partial charge >= 0.3 is 0 Å². The van der Waals surface area contributed by atoms with E-state index in [1.807, 2.05) is 6.07 Å². The van der Waals surface area contributed by atoms with Gasteiger partial charge in [-0.2, -0.15) is 0 Å². The second kappa shape index (κ2) is 5.52. The van der Waals surface area contributed by atoms with Crippen LogP contribution >= 0.6 is 15.9 Å². The zero-order valence-corrected chi connectivity index (χ0v) is 13.0. The van der Waals surface area contributed by atoms with Crippen LogP contribution in [0.25, 0.3) is 0 Å². The summed E-state index contributed by atoms with van der Waals surface area (Å²) >= 11 is 3.51. The lowest BCUT2D eigenvalue weighted by atomic mass is 9.72. The van der Waals surface area contributed by atoms with Gasteiger partial charge in [0.1, 0.15) is 0 Å². The van der Waals surface area contributed by atoms with Crippen molar-refractivity contribution in [1.82, 2.24) is 0 Å². The number of hydrogen-bond acceptors (Lipinski definition) is 2. The smallest absolute Gasteiger partial charge is 0.0460 e. The lowest BCUT2D eigenvalue weighted by Gasteiger charge is -2.52. The average Bonchev–Trinajstić information content (AvgIpc) is 2.29. The highest BCUT2D eigenvalue weighted by Crippen LogP contribution is 2.42. The Morgan fingerprint density at radius 2 is 1.83 bits per heavy atom. The third-order valence-corrected chi connectivity index (χ3v) is 4.65. The monoisotopic (exact) mass is 310 g/mol. The van der Waals surface area contributed by atoms with Crippen molar-refractivity contribution < 1.29 is 0 Å². The summed E-state index contributed by atoms with van der Waals surface area (Å²) in [5, 5.41) is 0. The number of rotatable bonds is 5. The Labute approximate surface area is 119 Å². The third kappa shape index (κ3) is 2.66. The van der Waals surface area contributed by atoms with E-state index >= 15 is 0 Å². The van der Waals surface area contributed by atoms with Crippen molar-refractivity contribution in [3.05, 3.63) is 22.7 Å². The Hall–Kier alpha value is -0.700. The molecule has 1 aromatic rings. The normalized spacial score (nSPS) is 17.6. The molecule has 1 heterocycles. The van der Waals surface area contributed by atoms with Crippen LogP contribution in [0.2, 0.25) is 0 Å². The van der Waals surface area contributed by atoms with Crippen LogP contribution in [0.5, 0.6) is 0 Å². The largest absolute Gasteiger partial charge is 0.398 e. The molecule has 100 valence electrons. The van der Waals surface area contributed by atoms with Gasteiger partial charge in [-0.3, -0.25) is 0 Å². The van der Waals surface area contributed by atoms with E-state index in [0.717, 1.165) is 10.2 Å². The number of nitrogens with zero attached hydrogens (tertiary/aromatic N) is 1. The predicted molar refractivity (Wildman–Crippen MR) is 83.0 cm³/mol. The molecule has 1 aliphatic heterocycles. The van der Waals surface area contributed by atoms with Crippen molar-refractivity contribution in [3.63, 3.8) is 0 Å². The van der Waals surface area contributed by atoms with Crippen LogP contribution in [-0.2, 0) is 0 Å². The van der Waals surface area contributed by atoms with Crippen LogP contribution in [-0.4, -0.2) is 13.1 Å². The Kier molecular flexibility index (Phi) is 4.21. The van der Waals surface area contributed by atoms with E-state index in [4.69, 9.17) is 5.73 Å². The molecular weight excluding hydrogens is 288 g/mol. The highest BCUT2D eigenvalue weighted by Gasteiger charge is 2.41. The maximum atomic E-state index is 5.83. The first-order valence-corrected chi connectivity index (χ1v) is 7.69. The second-order valence-electron chi connectivity index (χ2n) is 5.56. The molecule has 2 nitrogen and oxygen atoms in total. The molecule has 18 heavy (non-hydrogen) atoms. The van der Waals surface area contributed by atoms with E-state index in [1.54, 1.807) is 0 Å². The number of anilines is 2. The number of benzene rings is 1. The van der Waals surface area contributed by atoms with E-state index in [9.17, 15) is 0 Å². The molecule has 0 radical (unpaired) electrons. The van der Waals surface area contributed by atoms with Crippen molar-refractivity contribution in [2.75, 3.05) is 23.7 Å². The summed E-state index contributed by atoms with van der Waals surface area (Å²) < 4.78 is 1.00. The first-order valence-electron chi connectivity index (χ1n) is 6.90. The van der Waals surface area contributed by atoms with Gasteiger partial charge in [-0.15, -0.1) is 0 Å². The van der Waals surface area contributed by atoms with Crippen molar-refractivity contribution in [2.24, 2.45) is 5.41 Å². The van der Waals surface area contributed by atoms with Gasteiger partial charge in [-0.1, -0.05) is 26.7 Å². The van der Waals surface area contributed by atoms with E-state index in [0.29, 0.717) is 5.41 Å². The Morgan fingerprint density at radius 1 is 1.22 bits per heavy atom. The number of halogens is 1. The van der Waals surface area contributed by atoms with Gasteiger partial charge < -0.3 is 10.6 Å². The predicted octanol–water partition coefficient (Wildman–Crippen LogP) is 4.44. The molecule has 0 atom stereocenters. The molecule has 0 aromatic heterocycles. The maximum Gasteiger partial charge on any atom is 0.0460 e. The minimum atomic E-state index is 0.567. The molecular formula is C15H23BrN2. The third-order valence-electron chi connectivity index (χ3n) is 3.96. The van der Waals surface area contributed by atoms with E-state index in [2.05, 4.69) is 46.8 Å². The quantitative estimate of drug-likeness (QED) is 0.815. The molecule has 2 rings (SSSR count). The number of hydrogen-bond donors (Lipinski definition) is 1. The van der Waals surface area contributed by atoms with Crippen LogP contribution in [0.4, 0.5) is 11.4 Å². The topological polar surface area (TPSA) is 29.3 Å². The van der Waals surface area contributed by atoms with Crippen LogP contribution in [0.15, 0.2) is 22.7 Å². The molecule has 2 N–H and O–H groups in total. The SMILES string of the molecule is CCCC1(CCC)CN(c2ccc(N)c(Br)c2)C1. The lowest BCUT2D eigenvalue weighted by molar-refractivity contribution is 0.173. The molecule has 0 spiro atoms. The second-order valence-corrected chi connectivity index (χ2v) is 6.42. The summed E-state index contributed by atoms with van der Waals surface area (Å²) in [5.41, 5.74) is 8.50. The maximum absolute atomic E-state index is 5.83. The molecule has 3 heteroatoms. The van der Waals surface area contributed by atoms with Gasteiger partial charge in [0.15, 0.2) is 0 Å². The summed E-state index contributed by atoms with van der Waals surface area (Å²) in [7, 11) is 0. The minimum Gasteiger partial charge on any atom is -0.398 e. The average molecular weight is 311 g/mol. The van der Waals surface area contributed by atoms with Gasteiger partial charge in [-0.25, -0.2) is 0 Å². The van der Waals surface area contributed by atoms with Crippen LogP contribution in [0, 0.1) is 5.41 Å². The highest BCUT2D eigenvalue weighted by molar-refractivity contribution is 9.10. The minimum absolute atomic E-state index is 0.567. The molecule has 1 saturated heterocycles. The lowest BCUT2D eigenvalue weighted by Crippen LogP contribution is -2.56. The molecule has 0 amide bonds. The van der Waals surface area contributed by atoms with Crippen molar-refractivity contribution in [2.45, 2.75) is 39.5 Å². The van der Waals surface area contributed by atoms with Crippen molar-refractivity contribution in [1.29, 1.82) is 0 Å². The van der Waals surface area contributed by atoms with Gasteiger partial charge in [0, 0.05) is 34.4 Å². The van der Waals surface area contributed by atoms with Crippen LogP contribution in [0.1, 0.15) is 39.5 Å². The zero-order valence-electron chi connectivity index (χ0n) is 11.4. The molecule has 1 aliphatic rings. The fourth-order valence-corrected chi connectivity index (χ4v) is 3.53. The summed E-state index contributed by atoms with van der Waals surface area (Å²) in [4.78, 5) is 2.47. The Balaban J connectivity index is 2.04. The van der Waals surface area contributed by atoms with Crippen LogP contribution in [0.3, 0.4) is 0 Å². The zero-order chi connectivity index (χ0) is 13.2. The standard InChI is InChI=1S/C15H23BrN2/c1-3-7-15(8-4-2)10-18(11-15)12-5-6-14(17)13(16)9-12/h5-6,9H,3-4,7-8,10-11,17H2,1-2H3. The fraction of sp³-hybridized carbons (Fsp3) is 0.600. The van der Waals surface area contributed by atoms with E-state index in [1.165, 1.54) is 44.5 Å². The summed E-state index contributed by atoms with van der Waals surface area (Å²) in [5.74, 6) is 0. The van der Waals surface area contributed by atoms with Gasteiger partial charge in [-0.05, 0) is 47.0 Å². The Morgan fingerprint density at radius 3 is 2.33 bits per heavy atom. The van der Waals surface area contributed by atoms with Crippen molar-refractivity contribution >= 4 is 27.3 Å². The number of nitrogen functional groups attached to an aromatic ring is 1. The summed E-state index contributed by atoms with van der Waals surface area (Å²) in [6, 6.07) is 6.25. The van der Waals surface area contributed by atoms with Crippen molar-refractivity contribution in [3.8, 4) is 0 Å². The molecule has 0 saturated carbocycles. The molecule has 0 bridgehead atoms. The first-order chi connectivity index (χ1) is 8.60. The van der Waals surface area contributed by atoms with Gasteiger partial charge in [0.2, 0.25) is 0 Å².